The zero-order valence-electron chi connectivity index (χ0n) is 15.2. The summed E-state index contributed by atoms with van der Waals surface area (Å²) in [5, 5.41) is 11.9. The maximum atomic E-state index is 15.1. The van der Waals surface area contributed by atoms with Gasteiger partial charge in [0.05, 0.1) is 17.4 Å². The third-order valence-electron chi connectivity index (χ3n) is 4.37. The predicted molar refractivity (Wildman–Crippen MR) is 100 cm³/mol. The lowest BCUT2D eigenvalue weighted by Crippen LogP contribution is -2.40. The van der Waals surface area contributed by atoms with Crippen LogP contribution in [-0.2, 0) is 13.0 Å². The molecule has 0 amide bonds. The molecule has 3 heterocycles. The van der Waals surface area contributed by atoms with Crippen molar-refractivity contribution in [2.24, 2.45) is 18.0 Å². The van der Waals surface area contributed by atoms with E-state index in [2.05, 4.69) is 20.3 Å². The van der Waals surface area contributed by atoms with Gasteiger partial charge in [-0.3, -0.25) is 14.5 Å². The van der Waals surface area contributed by atoms with E-state index in [1.54, 1.807) is 31.6 Å². The van der Waals surface area contributed by atoms with Gasteiger partial charge in [0.25, 0.3) is 0 Å². The zero-order chi connectivity index (χ0) is 20.6. The summed E-state index contributed by atoms with van der Waals surface area (Å²) in [6.07, 6.45) is 4.71. The Hall–Kier alpha value is -3.95. The van der Waals surface area contributed by atoms with Crippen molar-refractivity contribution in [2.45, 2.75) is 5.92 Å². The average molecular weight is 395 g/mol. The molecule has 10 heteroatoms. The molecule has 0 fully saturated rings. The Morgan fingerprint density at radius 2 is 2.03 bits per heavy atom. The molecule has 8 nitrogen and oxygen atoms in total. The number of hydrogen-bond acceptors (Lipinski definition) is 6. The predicted octanol–water partition coefficient (Wildman–Crippen LogP) is 2.04. The Bertz CT molecular complexity index is 1290. The third-order valence-corrected chi connectivity index (χ3v) is 4.37. The van der Waals surface area contributed by atoms with Gasteiger partial charge in [-0.05, 0) is 30.3 Å². The Kier molecular flexibility index (Phi) is 4.38. The smallest absolute Gasteiger partial charge is 0.321 e. The quantitative estimate of drug-likeness (QED) is 0.422. The van der Waals surface area contributed by atoms with E-state index in [0.717, 1.165) is 6.07 Å². The van der Waals surface area contributed by atoms with Crippen LogP contribution in [0.5, 0.6) is 0 Å². The highest BCUT2D eigenvalue weighted by Gasteiger charge is 2.43. The van der Waals surface area contributed by atoms with Gasteiger partial charge in [0.2, 0.25) is 0 Å². The highest BCUT2D eigenvalue weighted by molar-refractivity contribution is 5.88. The summed E-state index contributed by atoms with van der Waals surface area (Å²) in [7, 11) is 1.70. The van der Waals surface area contributed by atoms with Crippen molar-refractivity contribution in [1.29, 1.82) is 0 Å². The maximum absolute atomic E-state index is 15.1. The van der Waals surface area contributed by atoms with E-state index < -0.39 is 17.4 Å². The van der Waals surface area contributed by atoms with E-state index in [1.807, 2.05) is 0 Å². The standard InChI is InChI=1S/C19H15F2N7O/c1-27-11-13(10-24-27)16-6-7-17(25-22)28(26-16)18(29)19(20,21)14-4-5-15-12(9-14)3-2-8-23-15/h2-11H,22H2,1H3/b25-17+. The van der Waals surface area contributed by atoms with Crippen molar-refractivity contribution >= 4 is 16.8 Å². The van der Waals surface area contributed by atoms with Crippen LogP contribution in [0.4, 0.5) is 8.78 Å². The molecule has 0 radical (unpaired) electrons. The molecule has 1 aromatic carbocycles. The van der Waals surface area contributed by atoms with Crippen LogP contribution >= 0.6 is 0 Å². The number of halogens is 2. The van der Waals surface area contributed by atoms with Gasteiger partial charge >= 0.3 is 11.8 Å². The van der Waals surface area contributed by atoms with Crippen LogP contribution < -0.4 is 11.3 Å². The van der Waals surface area contributed by atoms with Crippen LogP contribution in [0.2, 0.25) is 0 Å². The number of aryl methyl sites for hydroxylation is 1. The van der Waals surface area contributed by atoms with E-state index in [1.165, 1.54) is 35.1 Å². The van der Waals surface area contributed by atoms with Crippen LogP contribution in [-0.4, -0.2) is 30.5 Å². The van der Waals surface area contributed by atoms with E-state index in [-0.39, 0.29) is 11.2 Å². The molecule has 146 valence electrons. The van der Waals surface area contributed by atoms with Crippen LogP contribution in [0.1, 0.15) is 10.4 Å². The van der Waals surface area contributed by atoms with Crippen LogP contribution in [0.25, 0.3) is 22.2 Å². The Morgan fingerprint density at radius 1 is 1.21 bits per heavy atom. The molecule has 29 heavy (non-hydrogen) atoms. The Balaban J connectivity index is 1.81. The minimum absolute atomic E-state index is 0.204. The highest BCUT2D eigenvalue weighted by Crippen LogP contribution is 2.31. The first-order chi connectivity index (χ1) is 13.9. The van der Waals surface area contributed by atoms with Gasteiger partial charge in [-0.25, -0.2) is 0 Å². The van der Waals surface area contributed by atoms with Gasteiger partial charge < -0.3 is 5.84 Å². The van der Waals surface area contributed by atoms with E-state index in [4.69, 9.17) is 5.84 Å². The number of hydrogen-bond donors (Lipinski definition) is 1. The summed E-state index contributed by atoms with van der Waals surface area (Å²) in [5.41, 5.74) is 0.688. The molecule has 0 aliphatic carbocycles. The van der Waals surface area contributed by atoms with E-state index in [0.29, 0.717) is 21.1 Å². The van der Waals surface area contributed by atoms with Gasteiger partial charge in [-0.1, -0.05) is 12.1 Å². The summed E-state index contributed by atoms with van der Waals surface area (Å²) in [5.74, 6) is -0.160. The van der Waals surface area contributed by atoms with Crippen molar-refractivity contribution in [3.05, 3.63) is 72.1 Å². The molecule has 0 saturated heterocycles. The summed E-state index contributed by atoms with van der Waals surface area (Å²) in [4.78, 5) is 16.9. The second-order valence-electron chi connectivity index (χ2n) is 6.31. The minimum Gasteiger partial charge on any atom is -0.321 e. The molecular weight excluding hydrogens is 380 g/mol. The lowest BCUT2D eigenvalue weighted by atomic mass is 10.0. The number of pyridine rings is 1. The Morgan fingerprint density at radius 3 is 2.76 bits per heavy atom. The van der Waals surface area contributed by atoms with Crippen molar-refractivity contribution in [1.82, 2.24) is 24.5 Å². The molecule has 0 bridgehead atoms. The van der Waals surface area contributed by atoms with E-state index in [9.17, 15) is 4.79 Å². The number of nitrogens with zero attached hydrogens (tertiary/aromatic N) is 6. The molecule has 4 rings (SSSR count). The van der Waals surface area contributed by atoms with Crippen molar-refractivity contribution < 1.29 is 13.6 Å². The van der Waals surface area contributed by atoms with Crippen molar-refractivity contribution in [3.8, 4) is 11.3 Å². The topological polar surface area (TPSA) is 104 Å². The van der Waals surface area contributed by atoms with Gasteiger partial charge in [-0.15, -0.1) is 0 Å². The van der Waals surface area contributed by atoms with Gasteiger partial charge in [0.1, 0.15) is 0 Å². The van der Waals surface area contributed by atoms with Gasteiger partial charge in [-0.2, -0.15) is 28.8 Å². The van der Waals surface area contributed by atoms with Crippen LogP contribution in [0.15, 0.2) is 66.2 Å². The Labute approximate surface area is 162 Å². The van der Waals surface area contributed by atoms with Crippen molar-refractivity contribution in [3.63, 3.8) is 0 Å². The lowest BCUT2D eigenvalue weighted by Gasteiger charge is -2.17. The SMILES string of the molecule is Cn1cc(-c2cc/c(=N\N)n(C(=O)C(F)(F)c3ccc4ncccc4c3)n2)cn1. The molecule has 4 aromatic rings. The van der Waals surface area contributed by atoms with Gasteiger partial charge in [0.15, 0.2) is 5.49 Å². The zero-order valence-corrected chi connectivity index (χ0v) is 15.2. The normalized spacial score (nSPS) is 12.4. The molecule has 0 atom stereocenters. The van der Waals surface area contributed by atoms with Crippen LogP contribution in [0.3, 0.4) is 0 Å². The molecule has 0 spiro atoms. The average Bonchev–Trinajstić information content (AvgIpc) is 3.18. The number of carbonyl (C=O) groups is 1. The largest absolute Gasteiger partial charge is 0.352 e. The molecule has 3 aromatic heterocycles. The van der Waals surface area contributed by atoms with Gasteiger partial charge in [0, 0.05) is 36.0 Å². The summed E-state index contributed by atoms with van der Waals surface area (Å²) in [6.45, 7) is 0. The first-order valence-electron chi connectivity index (χ1n) is 8.51. The number of nitrogens with two attached hydrogens (primary N) is 1. The molecule has 0 aliphatic rings. The fraction of sp³-hybridized carbons (Fsp3) is 0.105. The number of alkyl halides is 2. The lowest BCUT2D eigenvalue weighted by molar-refractivity contribution is -0.00391. The number of aromatic nitrogens is 5. The number of benzene rings is 1. The number of carbonyl (C=O) groups excluding carboxylic acids is 1. The number of rotatable bonds is 3. The van der Waals surface area contributed by atoms with Crippen molar-refractivity contribution in [2.75, 3.05) is 0 Å². The molecule has 0 unspecified atom stereocenters. The molecule has 0 saturated carbocycles. The minimum atomic E-state index is -3.87. The first kappa shape index (κ1) is 18.4. The first-order valence-corrected chi connectivity index (χ1v) is 8.51. The summed E-state index contributed by atoms with van der Waals surface area (Å²) >= 11 is 0. The number of fused-ring (bicyclic) bond motifs is 1. The third kappa shape index (κ3) is 3.24. The fourth-order valence-corrected chi connectivity index (χ4v) is 2.90. The summed E-state index contributed by atoms with van der Waals surface area (Å²) in [6, 6.07) is 9.96. The van der Waals surface area contributed by atoms with Crippen LogP contribution in [0, 0.1) is 0 Å². The van der Waals surface area contributed by atoms with E-state index >= 15 is 8.78 Å². The molecular formula is C19H15F2N7O. The maximum Gasteiger partial charge on any atom is 0.352 e. The monoisotopic (exact) mass is 395 g/mol. The molecule has 0 aliphatic heterocycles. The fourth-order valence-electron chi connectivity index (χ4n) is 2.90. The second kappa shape index (κ2) is 6.89. The highest BCUT2D eigenvalue weighted by atomic mass is 19.3. The second-order valence-corrected chi connectivity index (χ2v) is 6.31. The summed E-state index contributed by atoms with van der Waals surface area (Å²) < 4.78 is 32.2. The molecule has 2 N–H and O–H groups in total.